The van der Waals surface area contributed by atoms with Crippen LogP contribution in [0.4, 0.5) is 0 Å². The molecule has 2 N–H and O–H groups in total. The van der Waals surface area contributed by atoms with Gasteiger partial charge in [0, 0.05) is 38.6 Å². The highest BCUT2D eigenvalue weighted by molar-refractivity contribution is 14.0. The van der Waals surface area contributed by atoms with Gasteiger partial charge in [0.2, 0.25) is 5.91 Å². The third kappa shape index (κ3) is 5.64. The highest BCUT2D eigenvalue weighted by Crippen LogP contribution is 2.44. The number of hydrogen-bond donors (Lipinski definition) is 2. The number of carbonyl (C=O) groups excluding carboxylic acids is 1. The maximum atomic E-state index is 11.7. The molecule has 1 unspecified atom stereocenters. The average Bonchev–Trinajstić information content (AvgIpc) is 3.00. The number of nitrogens with one attached hydrogen (secondary N) is 2. The summed E-state index contributed by atoms with van der Waals surface area (Å²) in [5.41, 5.74) is 0.433. The van der Waals surface area contributed by atoms with Crippen molar-refractivity contribution in [2.24, 2.45) is 10.4 Å². The molecule has 5 nitrogen and oxygen atoms in total. The molecule has 1 saturated carbocycles. The van der Waals surface area contributed by atoms with E-state index in [-0.39, 0.29) is 29.9 Å². The molecule has 0 spiro atoms. The second-order valence-corrected chi connectivity index (χ2v) is 6.33. The Morgan fingerprint density at radius 3 is 2.67 bits per heavy atom. The Morgan fingerprint density at radius 2 is 2.10 bits per heavy atom. The summed E-state index contributed by atoms with van der Waals surface area (Å²) in [7, 11) is 0. The van der Waals surface area contributed by atoms with E-state index in [1.165, 1.54) is 12.8 Å². The molecule has 2 rings (SSSR count). The minimum Gasteiger partial charge on any atom is -0.357 e. The predicted octanol–water partition coefficient (Wildman–Crippen LogP) is 1.97. The molecule has 1 amide bonds. The van der Waals surface area contributed by atoms with Crippen LogP contribution in [0.25, 0.3) is 0 Å². The van der Waals surface area contributed by atoms with Crippen molar-refractivity contribution in [1.29, 1.82) is 0 Å². The first kappa shape index (κ1) is 18.5. The van der Waals surface area contributed by atoms with Gasteiger partial charge in [-0.05, 0) is 31.6 Å². The van der Waals surface area contributed by atoms with Crippen molar-refractivity contribution in [2.45, 2.75) is 52.5 Å². The number of aliphatic imine (C=N–C) groups is 1. The summed E-state index contributed by atoms with van der Waals surface area (Å²) in [5, 5.41) is 6.77. The summed E-state index contributed by atoms with van der Waals surface area (Å²) >= 11 is 0. The van der Waals surface area contributed by atoms with Crippen LogP contribution in [-0.4, -0.2) is 49.0 Å². The smallest absolute Gasteiger partial charge is 0.222 e. The molecule has 0 bridgehead atoms. The van der Waals surface area contributed by atoms with Crippen LogP contribution < -0.4 is 10.6 Å². The van der Waals surface area contributed by atoms with Crippen LogP contribution in [0, 0.1) is 5.41 Å². The van der Waals surface area contributed by atoms with E-state index in [1.54, 1.807) is 0 Å². The molecule has 122 valence electrons. The topological polar surface area (TPSA) is 56.7 Å². The monoisotopic (exact) mass is 408 g/mol. The van der Waals surface area contributed by atoms with Crippen molar-refractivity contribution in [3.05, 3.63) is 0 Å². The predicted molar refractivity (Wildman–Crippen MR) is 97.1 cm³/mol. The van der Waals surface area contributed by atoms with Gasteiger partial charge >= 0.3 is 0 Å². The van der Waals surface area contributed by atoms with E-state index in [4.69, 9.17) is 4.99 Å². The summed E-state index contributed by atoms with van der Waals surface area (Å²) in [5.74, 6) is 1.15. The molecule has 1 atom stereocenters. The highest BCUT2D eigenvalue weighted by atomic mass is 127. The molecule has 1 aliphatic heterocycles. The highest BCUT2D eigenvalue weighted by Gasteiger charge is 2.37. The van der Waals surface area contributed by atoms with E-state index in [0.29, 0.717) is 17.9 Å². The first-order chi connectivity index (χ1) is 9.56. The van der Waals surface area contributed by atoms with Gasteiger partial charge < -0.3 is 15.5 Å². The lowest BCUT2D eigenvalue weighted by molar-refractivity contribution is -0.129. The van der Waals surface area contributed by atoms with Crippen molar-refractivity contribution in [1.82, 2.24) is 15.5 Å². The average molecular weight is 408 g/mol. The molecule has 21 heavy (non-hydrogen) atoms. The number of rotatable bonds is 5. The molecule has 0 aromatic rings. The van der Waals surface area contributed by atoms with E-state index in [1.807, 2.05) is 11.8 Å². The van der Waals surface area contributed by atoms with Crippen LogP contribution >= 0.6 is 24.0 Å². The summed E-state index contributed by atoms with van der Waals surface area (Å²) in [6, 6.07) is 0.329. The zero-order valence-electron chi connectivity index (χ0n) is 13.4. The number of halogens is 1. The van der Waals surface area contributed by atoms with E-state index in [0.717, 1.165) is 38.6 Å². The second kappa shape index (κ2) is 8.19. The fraction of sp³-hybridized carbons (Fsp3) is 0.867. The first-order valence-corrected chi connectivity index (χ1v) is 7.89. The summed E-state index contributed by atoms with van der Waals surface area (Å²) in [6.45, 7) is 9.72. The lowest BCUT2D eigenvalue weighted by Gasteiger charge is -2.19. The molecular weight excluding hydrogens is 379 g/mol. The molecule has 0 radical (unpaired) electrons. The van der Waals surface area contributed by atoms with Gasteiger partial charge in [-0.15, -0.1) is 24.0 Å². The van der Waals surface area contributed by atoms with E-state index in [9.17, 15) is 4.79 Å². The number of carbonyl (C=O) groups is 1. The maximum Gasteiger partial charge on any atom is 0.222 e. The van der Waals surface area contributed by atoms with Crippen LogP contribution in [0.1, 0.15) is 46.5 Å². The number of likely N-dealkylation sites (tertiary alicyclic amines) is 1. The standard InChI is InChI=1S/C15H28N4O.HI/c1-4-13(20)19-9-6-12(10-19)18-14(16-5-2)17-11-15(3)7-8-15;/h12H,4-11H2,1-3H3,(H2,16,17,18);1H. The third-order valence-electron chi connectivity index (χ3n) is 4.25. The van der Waals surface area contributed by atoms with Gasteiger partial charge in [-0.1, -0.05) is 13.8 Å². The van der Waals surface area contributed by atoms with Gasteiger partial charge in [0.25, 0.3) is 0 Å². The lowest BCUT2D eigenvalue weighted by atomic mass is 10.1. The summed E-state index contributed by atoms with van der Waals surface area (Å²) in [4.78, 5) is 18.3. The Hall–Kier alpha value is -0.530. The lowest BCUT2D eigenvalue weighted by Crippen LogP contribution is -2.45. The Morgan fingerprint density at radius 1 is 1.38 bits per heavy atom. The zero-order valence-corrected chi connectivity index (χ0v) is 15.8. The fourth-order valence-corrected chi connectivity index (χ4v) is 2.48. The van der Waals surface area contributed by atoms with Gasteiger partial charge in [-0.3, -0.25) is 9.79 Å². The largest absolute Gasteiger partial charge is 0.357 e. The molecule has 2 aliphatic rings. The molecule has 6 heteroatoms. The maximum absolute atomic E-state index is 11.7. The molecular formula is C15H29IN4O. The van der Waals surface area contributed by atoms with Crippen LogP contribution in [0.3, 0.4) is 0 Å². The number of amides is 1. The van der Waals surface area contributed by atoms with Crippen LogP contribution in [0.5, 0.6) is 0 Å². The minimum atomic E-state index is 0. The molecule has 1 heterocycles. The molecule has 1 saturated heterocycles. The molecule has 0 aromatic heterocycles. The minimum absolute atomic E-state index is 0. The van der Waals surface area contributed by atoms with Crippen molar-refractivity contribution in [3.63, 3.8) is 0 Å². The number of guanidine groups is 1. The van der Waals surface area contributed by atoms with E-state index >= 15 is 0 Å². The molecule has 0 aromatic carbocycles. The third-order valence-corrected chi connectivity index (χ3v) is 4.25. The molecule has 2 fully saturated rings. The van der Waals surface area contributed by atoms with Crippen molar-refractivity contribution in [2.75, 3.05) is 26.2 Å². The Balaban J connectivity index is 0.00000220. The van der Waals surface area contributed by atoms with Gasteiger partial charge in [0.15, 0.2) is 5.96 Å². The number of hydrogen-bond acceptors (Lipinski definition) is 2. The quantitative estimate of drug-likeness (QED) is 0.416. The van der Waals surface area contributed by atoms with Gasteiger partial charge in [0.05, 0.1) is 0 Å². The Bertz CT molecular complexity index is 382. The van der Waals surface area contributed by atoms with Crippen LogP contribution in [-0.2, 0) is 4.79 Å². The van der Waals surface area contributed by atoms with Gasteiger partial charge in [-0.25, -0.2) is 0 Å². The van der Waals surface area contributed by atoms with E-state index in [2.05, 4.69) is 24.5 Å². The van der Waals surface area contributed by atoms with E-state index < -0.39 is 0 Å². The van der Waals surface area contributed by atoms with Crippen molar-refractivity contribution in [3.8, 4) is 0 Å². The van der Waals surface area contributed by atoms with Gasteiger partial charge in [0.1, 0.15) is 0 Å². The normalized spacial score (nSPS) is 23.5. The van der Waals surface area contributed by atoms with Crippen LogP contribution in [0.2, 0.25) is 0 Å². The molecule has 1 aliphatic carbocycles. The van der Waals surface area contributed by atoms with Crippen molar-refractivity contribution >= 4 is 35.8 Å². The Kier molecular flexibility index (Phi) is 7.23. The van der Waals surface area contributed by atoms with Crippen molar-refractivity contribution < 1.29 is 4.79 Å². The summed E-state index contributed by atoms with van der Waals surface area (Å²) in [6.07, 6.45) is 4.18. The zero-order chi connectivity index (χ0) is 14.6. The first-order valence-electron chi connectivity index (χ1n) is 7.89. The SMILES string of the molecule is CCNC(=NCC1(C)CC1)NC1CCN(C(=O)CC)C1.I. The Labute approximate surface area is 145 Å². The number of nitrogens with zero attached hydrogens (tertiary/aromatic N) is 2. The fourth-order valence-electron chi connectivity index (χ4n) is 2.48. The van der Waals surface area contributed by atoms with Crippen LogP contribution in [0.15, 0.2) is 4.99 Å². The van der Waals surface area contributed by atoms with Gasteiger partial charge in [-0.2, -0.15) is 0 Å². The summed E-state index contributed by atoms with van der Waals surface area (Å²) < 4.78 is 0. The second-order valence-electron chi connectivity index (χ2n) is 6.33.